The van der Waals surface area contributed by atoms with Gasteiger partial charge >= 0.3 is 29.6 Å². The summed E-state index contributed by atoms with van der Waals surface area (Å²) < 4.78 is 19.7. The Morgan fingerprint density at radius 2 is 0.452 bits per heavy atom. The maximum absolute atomic E-state index is 12.3. The SMILES string of the molecule is O=S(=O)([O-])C(Br)(Br)C(Br)(Br)C(Br)(Br)C(Br)(Br)C(Br)(Br)C(Br)(Br)C(Br)(Br)C(Br)(Br)C(Br)(Br)C(Br)(Br)C(Br)(Br)C(Br)(Br)Br.[Na+]. The van der Waals surface area contributed by atoms with Gasteiger partial charge in [0, 0.05) is 0 Å². The molecular formula is C12Br25NaO3S. The molecule has 0 aromatic rings. The molecule has 0 aromatic heterocycles. The first-order chi connectivity index (χ1) is 17.0. The predicted octanol–water partition coefficient (Wildman–Crippen LogP) is 14.7. The van der Waals surface area contributed by atoms with E-state index in [1.165, 1.54) is 0 Å². The van der Waals surface area contributed by atoms with E-state index in [0.29, 0.717) is 0 Å². The van der Waals surface area contributed by atoms with Gasteiger partial charge in [-0.3, -0.25) is 0 Å². The van der Waals surface area contributed by atoms with Crippen LogP contribution in [0.4, 0.5) is 0 Å². The molecule has 0 amide bonds. The molecule has 0 saturated carbocycles. The van der Waals surface area contributed by atoms with Crippen molar-refractivity contribution in [1.82, 2.24) is 0 Å². The second-order valence-corrected chi connectivity index (χ2v) is 54.4. The first-order valence-electron chi connectivity index (χ1n) is 8.18. The fourth-order valence-electron chi connectivity index (χ4n) is 2.10. The fourth-order valence-corrected chi connectivity index (χ4v) is 27.4. The summed E-state index contributed by atoms with van der Waals surface area (Å²) in [6.07, 6.45) is 0. The van der Waals surface area contributed by atoms with Crippen LogP contribution in [0.5, 0.6) is 0 Å². The molecule has 0 rings (SSSR count). The summed E-state index contributed by atoms with van der Waals surface area (Å²) in [6, 6.07) is 0. The molecule has 248 valence electrons. The first-order valence-corrected chi connectivity index (χ1v) is 29.4. The topological polar surface area (TPSA) is 57.2 Å². The van der Waals surface area contributed by atoms with Crippen LogP contribution in [0.1, 0.15) is 0 Å². The third kappa shape index (κ3) is 9.75. The number of hydrogen-bond acceptors (Lipinski definition) is 3. The standard InChI is InChI=1S/C12HBr25O3S.Na/c13-1(14,3(17,18)5(21,22)7(25,26)9(29,30)11(33,34)35)2(15,16)4(19,20)6(23,24)8(27,28)10(31,32)12(36,37)41(38,39)40;/h(H,38,39,40);/q;+1/p-1. The number of alkyl halides is 25. The molecule has 0 fully saturated rings. The van der Waals surface area contributed by atoms with Crippen molar-refractivity contribution in [2.24, 2.45) is 0 Å². The molecule has 0 aliphatic carbocycles. The van der Waals surface area contributed by atoms with E-state index in [2.05, 4.69) is 398 Å². The van der Waals surface area contributed by atoms with Gasteiger partial charge in [0.15, 0.2) is 4.71 Å². The van der Waals surface area contributed by atoms with Crippen molar-refractivity contribution in [3.8, 4) is 0 Å². The Balaban J connectivity index is 0. The van der Waals surface area contributed by atoms with Crippen molar-refractivity contribution in [2.75, 3.05) is 0 Å². The maximum Gasteiger partial charge on any atom is 1.00 e. The Kier molecular flexibility index (Phi) is 24.8. The van der Waals surface area contributed by atoms with Crippen LogP contribution in [-0.2, 0) is 10.1 Å². The van der Waals surface area contributed by atoms with Crippen LogP contribution in [0.25, 0.3) is 0 Å². The predicted molar refractivity (Wildman–Crippen MR) is 266 cm³/mol. The van der Waals surface area contributed by atoms with Crippen molar-refractivity contribution in [3.63, 3.8) is 0 Å². The summed E-state index contributed by atoms with van der Waals surface area (Å²) in [5.41, 5.74) is 0. The molecule has 0 radical (unpaired) electrons. The summed E-state index contributed by atoms with van der Waals surface area (Å²) in [7, 11) is -5.04. The smallest absolute Gasteiger partial charge is 0.746 e. The van der Waals surface area contributed by atoms with Gasteiger partial charge in [-0.2, -0.15) is 0 Å². The molecule has 0 N–H and O–H groups in total. The van der Waals surface area contributed by atoms with Crippen LogP contribution in [0.15, 0.2) is 0 Å². The van der Waals surface area contributed by atoms with Crippen molar-refractivity contribution in [3.05, 3.63) is 0 Å². The van der Waals surface area contributed by atoms with E-state index in [9.17, 15) is 13.0 Å². The largest absolute Gasteiger partial charge is 1.00 e. The van der Waals surface area contributed by atoms with Crippen LogP contribution in [0.3, 0.4) is 0 Å². The molecule has 0 unspecified atom stereocenters. The normalized spacial score (nSPS) is 16.8. The monoisotopic (exact) mass is 2220 g/mol. The summed E-state index contributed by atoms with van der Waals surface area (Å²) in [4.78, 5) is 0. The van der Waals surface area contributed by atoms with Crippen LogP contribution < -0.4 is 29.6 Å². The Labute approximate surface area is 475 Å². The van der Waals surface area contributed by atoms with Gasteiger partial charge in [0.2, 0.25) is 0 Å². The Hall–Kier alpha value is 12.9. The Morgan fingerprint density at radius 1 is 0.310 bits per heavy atom. The van der Waals surface area contributed by atoms with E-state index in [1.807, 2.05) is 0 Å². The van der Waals surface area contributed by atoms with Gasteiger partial charge in [-0.05, 0) is 0 Å². The molecule has 0 spiro atoms. The molecule has 0 atom stereocenters. The first kappa shape index (κ1) is 57.0. The summed E-state index contributed by atoms with van der Waals surface area (Å²) in [6.45, 7) is 0. The van der Waals surface area contributed by atoms with Crippen molar-refractivity contribution < 1.29 is 42.5 Å². The molecule has 30 heteroatoms. The summed E-state index contributed by atoms with van der Waals surface area (Å²) in [5, 5.41) is 0. The Bertz CT molecular complexity index is 1100. The zero-order valence-corrected chi connectivity index (χ0v) is 60.5. The molecule has 0 bridgehead atoms. The molecule has 42 heavy (non-hydrogen) atoms. The second-order valence-electron chi connectivity index (χ2n) is 7.21. The summed E-state index contributed by atoms with van der Waals surface area (Å²) >= 11 is 91.0. The minimum atomic E-state index is -5.04. The van der Waals surface area contributed by atoms with Crippen LogP contribution in [0.2, 0.25) is 0 Å². The van der Waals surface area contributed by atoms with Gasteiger partial charge in [-0.25, -0.2) is 8.42 Å². The second kappa shape index (κ2) is 18.3. The molecule has 0 aliphatic rings. The van der Waals surface area contributed by atoms with Crippen molar-refractivity contribution in [1.29, 1.82) is 0 Å². The molecular weight excluding hydrogens is 2240 g/mol. The van der Waals surface area contributed by atoms with E-state index in [0.717, 1.165) is 0 Å². The third-order valence-corrected chi connectivity index (χ3v) is 59.7. The Morgan fingerprint density at radius 3 is 0.595 bits per heavy atom. The molecule has 0 heterocycles. The minimum Gasteiger partial charge on any atom is -0.746 e. The third-order valence-electron chi connectivity index (χ3n) is 4.58. The fraction of sp³-hybridized carbons (Fsp3) is 1.00. The number of halogens is 25. The van der Waals surface area contributed by atoms with Crippen molar-refractivity contribution >= 4 is 408 Å². The molecule has 0 aromatic carbocycles. The van der Waals surface area contributed by atoms with E-state index < -0.39 is 47.2 Å². The number of rotatable bonds is 11. The number of hydrogen-bond donors (Lipinski definition) is 0. The molecule has 3 nitrogen and oxygen atoms in total. The van der Waals surface area contributed by atoms with E-state index in [1.54, 1.807) is 0 Å². The maximum atomic E-state index is 12.3. The van der Waals surface area contributed by atoms with Gasteiger partial charge < -0.3 is 4.55 Å². The van der Waals surface area contributed by atoms with Crippen LogP contribution in [-0.4, -0.2) is 50.0 Å². The molecule has 0 saturated heterocycles. The van der Waals surface area contributed by atoms with Gasteiger partial charge in [0.05, 0.1) is 0 Å². The molecule has 0 aliphatic heterocycles. The average Bonchev–Trinajstić information content (AvgIpc) is 2.70. The van der Waals surface area contributed by atoms with Crippen molar-refractivity contribution in [2.45, 2.75) is 37.0 Å². The van der Waals surface area contributed by atoms with E-state index in [4.69, 9.17) is 0 Å². The minimum absolute atomic E-state index is 0. The zero-order chi connectivity index (χ0) is 34.5. The van der Waals surface area contributed by atoms with Gasteiger partial charge in [0.25, 0.3) is 0 Å². The zero-order valence-electron chi connectivity index (χ0n) is 18.1. The van der Waals surface area contributed by atoms with Gasteiger partial charge in [-0.15, -0.1) is 0 Å². The average molecular weight is 2240 g/mol. The van der Waals surface area contributed by atoms with E-state index >= 15 is 0 Å². The quantitative estimate of drug-likeness (QED) is 0.118. The van der Waals surface area contributed by atoms with Gasteiger partial charge in [-0.1, -0.05) is 398 Å². The van der Waals surface area contributed by atoms with E-state index in [-0.39, 0.29) is 29.6 Å². The van der Waals surface area contributed by atoms with Gasteiger partial charge in [0.1, 0.15) is 42.5 Å². The van der Waals surface area contributed by atoms with Crippen LogP contribution >= 0.6 is 398 Å². The summed E-state index contributed by atoms with van der Waals surface area (Å²) in [5.74, 6) is 0. The van der Waals surface area contributed by atoms with Crippen LogP contribution in [0, 0.1) is 0 Å².